The number of rotatable bonds is 38. The summed E-state index contributed by atoms with van der Waals surface area (Å²) in [4.78, 5) is 94.9. The molecule has 0 saturated carbocycles. The lowest BCUT2D eigenvalue weighted by atomic mass is 10.0. The van der Waals surface area contributed by atoms with Crippen LogP contribution in [0.5, 0.6) is 11.5 Å². The van der Waals surface area contributed by atoms with Gasteiger partial charge in [-0.1, -0.05) is 31.2 Å². The van der Waals surface area contributed by atoms with E-state index in [4.69, 9.17) is 29.9 Å². The average molecular weight is 1010 g/mol. The SMILES string of the molecule is CCCN(CC(=O)O)Cc1cc(CCC(=O)NCCCCC(NC(=O)NC(CCC(=O)O)C(=O)O)C(=O)O)ccc1O.CNCCOCCOCCCC(=O)CCc1ccc(O)c(CN(C)CC(=O)O)c1. The summed E-state index contributed by atoms with van der Waals surface area (Å²) in [6, 6.07) is 6.30. The van der Waals surface area contributed by atoms with Crippen LogP contribution in [-0.2, 0) is 69.0 Å². The van der Waals surface area contributed by atoms with E-state index < -0.39 is 54.4 Å². The Morgan fingerprint density at radius 3 is 1.73 bits per heavy atom. The highest BCUT2D eigenvalue weighted by molar-refractivity contribution is 5.86. The van der Waals surface area contributed by atoms with Crippen molar-refractivity contribution in [3.63, 3.8) is 0 Å². The molecule has 0 fully saturated rings. The zero-order valence-electron chi connectivity index (χ0n) is 41.0. The predicted molar refractivity (Wildman–Crippen MR) is 258 cm³/mol. The lowest BCUT2D eigenvalue weighted by Crippen LogP contribution is -2.51. The first-order valence-electron chi connectivity index (χ1n) is 23.5. The fourth-order valence-corrected chi connectivity index (χ4v) is 6.85. The third kappa shape index (κ3) is 30.7. The van der Waals surface area contributed by atoms with E-state index in [0.717, 1.165) is 24.1 Å². The van der Waals surface area contributed by atoms with E-state index in [1.807, 2.05) is 20.0 Å². The van der Waals surface area contributed by atoms with Gasteiger partial charge in [0, 0.05) is 69.6 Å². The Bertz CT molecular complexity index is 1990. The Hall–Kier alpha value is -6.40. The molecule has 3 amide bonds. The van der Waals surface area contributed by atoms with Gasteiger partial charge in [0.05, 0.1) is 32.9 Å². The molecule has 0 heterocycles. The molecule has 0 saturated heterocycles. The summed E-state index contributed by atoms with van der Waals surface area (Å²) in [5, 5.41) is 75.2. The van der Waals surface area contributed by atoms with Crippen molar-refractivity contribution in [2.75, 3.05) is 73.2 Å². The zero-order chi connectivity index (χ0) is 53.1. The minimum absolute atomic E-state index is 0.0126. The molecule has 11 N–H and O–H groups in total. The van der Waals surface area contributed by atoms with Crippen LogP contribution < -0.4 is 21.3 Å². The molecule has 0 aromatic heterocycles. The molecule has 2 aromatic rings. The molecule has 23 nitrogen and oxygen atoms in total. The number of unbranched alkanes of at least 4 members (excludes halogenated alkanes) is 1. The number of Topliss-reactive ketones (excluding diaryl/α,β-unsaturated/α-hetero) is 1. The van der Waals surface area contributed by atoms with E-state index in [1.165, 1.54) is 6.07 Å². The maximum atomic E-state index is 12.3. The van der Waals surface area contributed by atoms with Gasteiger partial charge >= 0.3 is 35.9 Å². The number of aryl methyl sites for hydroxylation is 2. The molecule has 0 aliphatic carbocycles. The maximum Gasteiger partial charge on any atom is 0.326 e. The fraction of sp³-hybridized carbons (Fsp3) is 0.583. The number of urea groups is 1. The minimum atomic E-state index is -1.49. The van der Waals surface area contributed by atoms with Crippen molar-refractivity contribution in [3.8, 4) is 11.5 Å². The number of ether oxygens (including phenoxy) is 2. The summed E-state index contributed by atoms with van der Waals surface area (Å²) >= 11 is 0. The molecule has 2 atom stereocenters. The minimum Gasteiger partial charge on any atom is -0.508 e. The topological polar surface area (TPSA) is 351 Å². The number of benzene rings is 2. The van der Waals surface area contributed by atoms with Crippen LogP contribution in [0.2, 0.25) is 0 Å². The smallest absolute Gasteiger partial charge is 0.326 e. The molecule has 2 unspecified atom stereocenters. The summed E-state index contributed by atoms with van der Waals surface area (Å²) in [6.07, 6.45) is 3.38. The van der Waals surface area contributed by atoms with Gasteiger partial charge in [-0.05, 0) is 95.3 Å². The van der Waals surface area contributed by atoms with Gasteiger partial charge in [-0.15, -0.1) is 0 Å². The van der Waals surface area contributed by atoms with E-state index in [1.54, 1.807) is 41.1 Å². The molecule has 398 valence electrons. The molecule has 2 rings (SSSR count). The molecule has 0 radical (unpaired) electrons. The van der Waals surface area contributed by atoms with Gasteiger partial charge in [-0.2, -0.15) is 0 Å². The molecular formula is C48H74N6O17. The molecule has 0 bridgehead atoms. The van der Waals surface area contributed by atoms with Crippen LogP contribution in [0.3, 0.4) is 0 Å². The number of hydrogen-bond donors (Lipinski definition) is 11. The first-order chi connectivity index (χ1) is 33.7. The Labute approximate surface area is 413 Å². The number of hydrogen-bond acceptors (Lipinski definition) is 15. The first-order valence-corrected chi connectivity index (χ1v) is 23.5. The number of nitrogens with one attached hydrogen (secondary N) is 4. The molecule has 2 aromatic carbocycles. The van der Waals surface area contributed by atoms with E-state index in [9.17, 15) is 53.7 Å². The van der Waals surface area contributed by atoms with Gasteiger partial charge in [0.25, 0.3) is 0 Å². The van der Waals surface area contributed by atoms with E-state index in [-0.39, 0.29) is 68.6 Å². The highest BCUT2D eigenvalue weighted by atomic mass is 16.5. The highest BCUT2D eigenvalue weighted by Gasteiger charge is 2.25. The van der Waals surface area contributed by atoms with Gasteiger partial charge in [-0.25, -0.2) is 14.4 Å². The van der Waals surface area contributed by atoms with Crippen molar-refractivity contribution in [1.82, 2.24) is 31.1 Å². The zero-order valence-corrected chi connectivity index (χ0v) is 41.0. The largest absolute Gasteiger partial charge is 0.508 e. The van der Waals surface area contributed by atoms with Gasteiger partial charge in [-0.3, -0.25) is 33.8 Å². The normalized spacial score (nSPS) is 11.8. The van der Waals surface area contributed by atoms with Crippen LogP contribution >= 0.6 is 0 Å². The molecule has 71 heavy (non-hydrogen) atoms. The molecule has 0 aliphatic rings. The van der Waals surface area contributed by atoms with Crippen molar-refractivity contribution < 1.29 is 83.6 Å². The standard InChI is InChI=1S/C27H40N4O11.C21H34N2O6/c1-2-13-31(16-24(36)37)15-18-14-17(6-9-21(18)32)7-10-22(33)28-12-4-3-5-19(25(38)39)29-27(42)30-20(26(40)41)8-11-23(34)35;1-22-9-11-29-13-12-28-10-3-4-19(24)7-5-17-6-8-20(25)18(14-17)15-23(2)16-21(26)27/h6,9,14,19-20,32H,2-5,7-8,10-13,15-16H2,1H3,(H,28,33)(H,34,35)(H,36,37)(H,38,39)(H,40,41)(H2,29,30,42);6,8,14,22,25H,3-5,7,9-13,15-16H2,1-2H3,(H,26,27). The third-order valence-electron chi connectivity index (χ3n) is 10.5. The van der Waals surface area contributed by atoms with Gasteiger partial charge in [0.1, 0.15) is 29.4 Å². The molecular weight excluding hydrogens is 933 g/mol. The van der Waals surface area contributed by atoms with Crippen molar-refractivity contribution in [2.45, 2.75) is 109 Å². The van der Waals surface area contributed by atoms with Crippen LogP contribution in [0.1, 0.15) is 93.4 Å². The van der Waals surface area contributed by atoms with Crippen molar-refractivity contribution in [3.05, 3.63) is 58.7 Å². The van der Waals surface area contributed by atoms with E-state index in [0.29, 0.717) is 95.6 Å². The maximum absolute atomic E-state index is 12.3. The van der Waals surface area contributed by atoms with Crippen molar-refractivity contribution in [2.24, 2.45) is 0 Å². The Kier molecular flexibility index (Phi) is 32.2. The number of carbonyl (C=O) groups excluding carboxylic acids is 3. The average Bonchev–Trinajstić information content (AvgIpc) is 3.29. The lowest BCUT2D eigenvalue weighted by molar-refractivity contribution is -0.141. The van der Waals surface area contributed by atoms with Gasteiger partial charge in [0.2, 0.25) is 5.91 Å². The second kappa shape index (κ2) is 36.5. The Balaban J connectivity index is 0.000000759. The lowest BCUT2D eigenvalue weighted by Gasteiger charge is -2.20. The van der Waals surface area contributed by atoms with Crippen LogP contribution in [0.25, 0.3) is 0 Å². The summed E-state index contributed by atoms with van der Waals surface area (Å²) in [7, 11) is 3.55. The second-order valence-electron chi connectivity index (χ2n) is 16.7. The number of aliphatic carboxylic acids is 5. The van der Waals surface area contributed by atoms with Crippen LogP contribution in [0, 0.1) is 0 Å². The van der Waals surface area contributed by atoms with Crippen LogP contribution in [0.4, 0.5) is 4.79 Å². The number of carboxylic acids is 5. The molecule has 23 heteroatoms. The van der Waals surface area contributed by atoms with Crippen LogP contribution in [0.15, 0.2) is 36.4 Å². The number of aromatic hydroxyl groups is 2. The quantitative estimate of drug-likeness (QED) is 0.0430. The number of ketones is 1. The number of carbonyl (C=O) groups is 8. The summed E-state index contributed by atoms with van der Waals surface area (Å²) in [5.41, 5.74) is 2.97. The van der Waals surface area contributed by atoms with Gasteiger partial charge < -0.3 is 66.5 Å². The van der Waals surface area contributed by atoms with Crippen molar-refractivity contribution >= 4 is 47.6 Å². The molecule has 0 spiro atoms. The summed E-state index contributed by atoms with van der Waals surface area (Å²) in [5.74, 6) is -5.79. The number of phenols is 2. The second-order valence-corrected chi connectivity index (χ2v) is 16.7. The van der Waals surface area contributed by atoms with Crippen molar-refractivity contribution in [1.29, 1.82) is 0 Å². The Morgan fingerprint density at radius 1 is 0.620 bits per heavy atom. The van der Waals surface area contributed by atoms with Gasteiger partial charge in [0.15, 0.2) is 0 Å². The molecule has 0 aliphatic heterocycles. The summed E-state index contributed by atoms with van der Waals surface area (Å²) < 4.78 is 10.8. The monoisotopic (exact) mass is 1010 g/mol. The number of nitrogens with zero attached hydrogens (tertiary/aromatic N) is 2. The number of phenolic OH excluding ortho intramolecular Hbond substituents is 2. The number of carboxylic acid groups (broad SMARTS) is 5. The summed E-state index contributed by atoms with van der Waals surface area (Å²) in [6.45, 7) is 6.17. The Morgan fingerprint density at radius 2 is 1.18 bits per heavy atom. The number of likely N-dealkylation sites (N-methyl/N-ethyl adjacent to an activating group) is 2. The highest BCUT2D eigenvalue weighted by Crippen LogP contribution is 2.23. The fourth-order valence-electron chi connectivity index (χ4n) is 6.85. The van der Waals surface area contributed by atoms with E-state index in [2.05, 4.69) is 21.3 Å². The number of amides is 3. The third-order valence-corrected chi connectivity index (χ3v) is 10.5. The van der Waals surface area contributed by atoms with E-state index >= 15 is 0 Å². The first kappa shape index (κ1) is 62.6. The van der Waals surface area contributed by atoms with Crippen LogP contribution in [-0.4, -0.2) is 178 Å². The predicted octanol–water partition coefficient (Wildman–Crippen LogP) is 2.42.